The third-order valence-corrected chi connectivity index (χ3v) is 1.12. The summed E-state index contributed by atoms with van der Waals surface area (Å²) in [5, 5.41) is 0. The molecule has 1 nitrogen and oxygen atoms in total. The van der Waals surface area contributed by atoms with Crippen molar-refractivity contribution >= 4 is 0 Å². The molecule has 8 heavy (non-hydrogen) atoms. The van der Waals surface area contributed by atoms with E-state index in [4.69, 9.17) is 4.74 Å². The number of rotatable bonds is 4. The van der Waals surface area contributed by atoms with Gasteiger partial charge in [-0.1, -0.05) is 6.08 Å². The van der Waals surface area contributed by atoms with Gasteiger partial charge in [-0.3, -0.25) is 0 Å². The van der Waals surface area contributed by atoms with Crippen molar-refractivity contribution in [3.8, 4) is 0 Å². The maximum absolute atomic E-state index is 4.81. The Balaban J connectivity index is 1.88. The van der Waals surface area contributed by atoms with E-state index in [1.165, 1.54) is 6.42 Å². The second-order valence-corrected chi connectivity index (χ2v) is 1.88. The monoisotopic (exact) mass is 110 g/mol. The van der Waals surface area contributed by atoms with Crippen LogP contribution in [0.2, 0.25) is 0 Å². The predicted octanol–water partition coefficient (Wildman–Crippen LogP) is 2.21. The lowest BCUT2D eigenvalue weighted by molar-refractivity contribution is 0.478. The standard InChI is InChI=1S/C7H10O/c1-2-3-4-5-7-6-8-7/h2,6H,1,3-5H2. The van der Waals surface area contributed by atoms with E-state index in [0.717, 1.165) is 18.6 Å². The minimum atomic E-state index is 1.09. The van der Waals surface area contributed by atoms with Gasteiger partial charge in [-0.05, 0) is 12.8 Å². The summed E-state index contributed by atoms with van der Waals surface area (Å²) in [6.07, 6.45) is 7.09. The van der Waals surface area contributed by atoms with Crippen molar-refractivity contribution in [3.05, 3.63) is 24.7 Å². The minimum Gasteiger partial charge on any atom is -0.463 e. The molecular formula is C7H10O. The summed E-state index contributed by atoms with van der Waals surface area (Å²) in [6.45, 7) is 3.62. The van der Waals surface area contributed by atoms with Crippen molar-refractivity contribution in [2.45, 2.75) is 19.3 Å². The Bertz CT molecular complexity index is 114. The first-order chi connectivity index (χ1) is 3.93. The Morgan fingerprint density at radius 3 is 3.00 bits per heavy atom. The van der Waals surface area contributed by atoms with Gasteiger partial charge in [-0.25, -0.2) is 0 Å². The van der Waals surface area contributed by atoms with Gasteiger partial charge in [0.05, 0.1) is 0 Å². The average Bonchev–Trinajstić information content (AvgIpc) is 2.51. The summed E-state index contributed by atoms with van der Waals surface area (Å²) in [4.78, 5) is 0. The lowest BCUT2D eigenvalue weighted by Gasteiger charge is -1.85. The Kier molecular flexibility index (Phi) is 1.73. The van der Waals surface area contributed by atoms with Crippen LogP contribution in [0.15, 0.2) is 24.7 Å². The lowest BCUT2D eigenvalue weighted by Crippen LogP contribution is -1.69. The van der Waals surface area contributed by atoms with E-state index in [2.05, 4.69) is 6.58 Å². The predicted molar refractivity (Wildman–Crippen MR) is 33.2 cm³/mol. The van der Waals surface area contributed by atoms with Gasteiger partial charge in [0.2, 0.25) is 0 Å². The first kappa shape index (κ1) is 5.42. The Labute approximate surface area is 49.7 Å². The van der Waals surface area contributed by atoms with Crippen molar-refractivity contribution in [1.82, 2.24) is 0 Å². The molecule has 1 heterocycles. The molecule has 0 unspecified atom stereocenters. The third kappa shape index (κ3) is 1.82. The van der Waals surface area contributed by atoms with Crippen LogP contribution in [0, 0.1) is 0 Å². The Hall–Kier alpha value is -0.720. The summed E-state index contributed by atoms with van der Waals surface area (Å²) in [6, 6.07) is 0. The van der Waals surface area contributed by atoms with Gasteiger partial charge < -0.3 is 4.74 Å². The van der Waals surface area contributed by atoms with Gasteiger partial charge in [-0.2, -0.15) is 0 Å². The normalized spacial score (nSPS) is 14.2. The second kappa shape index (κ2) is 2.55. The van der Waals surface area contributed by atoms with Crippen LogP contribution in [0.4, 0.5) is 0 Å². The van der Waals surface area contributed by atoms with Crippen molar-refractivity contribution in [2.24, 2.45) is 0 Å². The molecule has 1 heteroatoms. The summed E-state index contributed by atoms with van der Waals surface area (Å²) >= 11 is 0. The molecule has 0 radical (unpaired) electrons. The quantitative estimate of drug-likeness (QED) is 0.399. The molecule has 0 aromatic carbocycles. The van der Waals surface area contributed by atoms with Gasteiger partial charge in [-0.15, -0.1) is 6.58 Å². The summed E-state index contributed by atoms with van der Waals surface area (Å²) in [5.74, 6) is 1.15. The van der Waals surface area contributed by atoms with Crippen LogP contribution in [0.5, 0.6) is 0 Å². The number of allylic oxidation sites excluding steroid dienone is 2. The molecule has 0 aromatic rings. The maximum atomic E-state index is 4.81. The Morgan fingerprint density at radius 1 is 1.75 bits per heavy atom. The fraction of sp³-hybridized carbons (Fsp3) is 0.429. The molecule has 0 aromatic heterocycles. The molecule has 0 saturated carbocycles. The van der Waals surface area contributed by atoms with Gasteiger partial charge in [0.15, 0.2) is 0 Å². The zero-order chi connectivity index (χ0) is 5.82. The van der Waals surface area contributed by atoms with Crippen LogP contribution in [0.25, 0.3) is 0 Å². The molecule has 0 spiro atoms. The molecule has 0 N–H and O–H groups in total. The summed E-state index contributed by atoms with van der Waals surface area (Å²) in [5.41, 5.74) is 0. The third-order valence-electron chi connectivity index (χ3n) is 1.12. The zero-order valence-electron chi connectivity index (χ0n) is 4.89. The van der Waals surface area contributed by atoms with E-state index < -0.39 is 0 Å². The highest BCUT2D eigenvalue weighted by atomic mass is 16.5. The largest absolute Gasteiger partial charge is 0.463 e. The molecule has 0 bridgehead atoms. The van der Waals surface area contributed by atoms with Gasteiger partial charge in [0.25, 0.3) is 0 Å². The van der Waals surface area contributed by atoms with Crippen molar-refractivity contribution in [2.75, 3.05) is 0 Å². The van der Waals surface area contributed by atoms with Crippen LogP contribution < -0.4 is 0 Å². The molecule has 0 aliphatic carbocycles. The van der Waals surface area contributed by atoms with Crippen LogP contribution >= 0.6 is 0 Å². The maximum Gasteiger partial charge on any atom is 0.138 e. The van der Waals surface area contributed by atoms with Crippen molar-refractivity contribution in [1.29, 1.82) is 0 Å². The molecule has 1 rings (SSSR count). The minimum absolute atomic E-state index is 1.09. The van der Waals surface area contributed by atoms with E-state index in [1.54, 1.807) is 6.26 Å². The van der Waals surface area contributed by atoms with Crippen LogP contribution in [0.1, 0.15) is 19.3 Å². The zero-order valence-corrected chi connectivity index (χ0v) is 4.89. The molecule has 1 aliphatic rings. The molecule has 0 atom stereocenters. The molecule has 0 amide bonds. The van der Waals surface area contributed by atoms with Gasteiger partial charge >= 0.3 is 0 Å². The van der Waals surface area contributed by atoms with E-state index in [0.29, 0.717) is 0 Å². The fourth-order valence-corrected chi connectivity index (χ4v) is 0.580. The second-order valence-electron chi connectivity index (χ2n) is 1.88. The molecule has 0 saturated heterocycles. The van der Waals surface area contributed by atoms with Gasteiger partial charge in [0, 0.05) is 6.42 Å². The van der Waals surface area contributed by atoms with Gasteiger partial charge in [0.1, 0.15) is 12.0 Å². The van der Waals surface area contributed by atoms with Crippen LogP contribution in [-0.4, -0.2) is 0 Å². The smallest absolute Gasteiger partial charge is 0.138 e. The average molecular weight is 110 g/mol. The summed E-state index contributed by atoms with van der Waals surface area (Å²) < 4.78 is 4.81. The number of hydrogen-bond acceptors (Lipinski definition) is 1. The number of ether oxygens (including phenoxy) is 1. The first-order valence-electron chi connectivity index (χ1n) is 2.90. The van der Waals surface area contributed by atoms with E-state index >= 15 is 0 Å². The van der Waals surface area contributed by atoms with E-state index in [-0.39, 0.29) is 0 Å². The molecule has 0 fully saturated rings. The lowest BCUT2D eigenvalue weighted by atomic mass is 10.2. The topological polar surface area (TPSA) is 12.5 Å². The molecule has 44 valence electrons. The van der Waals surface area contributed by atoms with Crippen LogP contribution in [0.3, 0.4) is 0 Å². The number of hydrogen-bond donors (Lipinski definition) is 0. The fourth-order valence-electron chi connectivity index (χ4n) is 0.580. The molecular weight excluding hydrogens is 100 g/mol. The van der Waals surface area contributed by atoms with Crippen molar-refractivity contribution < 1.29 is 4.74 Å². The van der Waals surface area contributed by atoms with Crippen LogP contribution in [-0.2, 0) is 4.74 Å². The van der Waals surface area contributed by atoms with E-state index in [1.807, 2.05) is 6.08 Å². The highest BCUT2D eigenvalue weighted by molar-refractivity contribution is 5.02. The highest BCUT2D eigenvalue weighted by Crippen LogP contribution is 2.19. The molecule has 1 aliphatic heterocycles. The highest BCUT2D eigenvalue weighted by Gasteiger charge is 2.06. The first-order valence-corrected chi connectivity index (χ1v) is 2.90. The SMILES string of the molecule is C=CCCCC1=CO1. The Morgan fingerprint density at radius 2 is 2.50 bits per heavy atom. The number of unbranched alkanes of at least 4 members (excludes halogenated alkanes) is 1. The van der Waals surface area contributed by atoms with Crippen molar-refractivity contribution in [3.63, 3.8) is 0 Å². The summed E-state index contributed by atoms with van der Waals surface area (Å²) in [7, 11) is 0. The van der Waals surface area contributed by atoms with E-state index in [9.17, 15) is 0 Å².